The number of carbonyl (C=O) groups is 1. The molecule has 7 heteroatoms. The lowest BCUT2D eigenvalue weighted by atomic mass is 10.1. The number of rotatable bonds is 3. The predicted molar refractivity (Wildman–Crippen MR) is 69.7 cm³/mol. The Kier molecular flexibility index (Phi) is 3.66. The van der Waals surface area contributed by atoms with Crippen LogP contribution >= 0.6 is 0 Å². The fourth-order valence-corrected chi connectivity index (χ4v) is 3.86. The van der Waals surface area contributed by atoms with E-state index < -0.39 is 9.84 Å². The molecule has 1 unspecified atom stereocenters. The van der Waals surface area contributed by atoms with Gasteiger partial charge in [0.05, 0.1) is 11.5 Å². The van der Waals surface area contributed by atoms with E-state index in [9.17, 15) is 13.2 Å². The quantitative estimate of drug-likeness (QED) is 0.830. The molecule has 1 amide bonds. The summed E-state index contributed by atoms with van der Waals surface area (Å²) in [5.41, 5.74) is 0.232. The van der Waals surface area contributed by atoms with E-state index >= 15 is 0 Å². The number of amides is 1. The van der Waals surface area contributed by atoms with Gasteiger partial charge >= 0.3 is 0 Å². The standard InChI is InChI=1S/C12H18N2O4S/c1-8(2)11-6-10(13-18-11)12(15)14(3)9-4-5-19(16,17)7-9/h6,8-9H,4-5,7H2,1-3H3. The van der Waals surface area contributed by atoms with Gasteiger partial charge in [-0.25, -0.2) is 8.42 Å². The van der Waals surface area contributed by atoms with Crippen LogP contribution in [0.15, 0.2) is 10.6 Å². The zero-order valence-corrected chi connectivity index (χ0v) is 12.1. The molecule has 0 saturated carbocycles. The minimum Gasteiger partial charge on any atom is -0.360 e. The number of aromatic nitrogens is 1. The molecule has 19 heavy (non-hydrogen) atoms. The molecule has 1 aliphatic heterocycles. The summed E-state index contributed by atoms with van der Waals surface area (Å²) in [7, 11) is -1.39. The van der Waals surface area contributed by atoms with E-state index in [0.717, 1.165) is 0 Å². The molecule has 0 aliphatic carbocycles. The molecular weight excluding hydrogens is 268 g/mol. The van der Waals surface area contributed by atoms with Crippen LogP contribution in [0.5, 0.6) is 0 Å². The van der Waals surface area contributed by atoms with E-state index in [1.54, 1.807) is 13.1 Å². The molecule has 106 valence electrons. The van der Waals surface area contributed by atoms with Crippen molar-refractivity contribution in [3.05, 3.63) is 17.5 Å². The molecule has 1 saturated heterocycles. The Balaban J connectivity index is 2.10. The highest BCUT2D eigenvalue weighted by atomic mass is 32.2. The lowest BCUT2D eigenvalue weighted by Crippen LogP contribution is -2.37. The van der Waals surface area contributed by atoms with Crippen LogP contribution in [0, 0.1) is 0 Å². The Bertz CT molecular complexity index is 576. The van der Waals surface area contributed by atoms with Crippen LogP contribution in [0.4, 0.5) is 0 Å². The average Bonchev–Trinajstić information content (AvgIpc) is 2.93. The summed E-state index contributed by atoms with van der Waals surface area (Å²) in [5, 5.41) is 3.75. The first-order chi connectivity index (χ1) is 8.80. The van der Waals surface area contributed by atoms with E-state index in [4.69, 9.17) is 4.52 Å². The molecule has 1 atom stereocenters. The van der Waals surface area contributed by atoms with Crippen LogP contribution in [0.25, 0.3) is 0 Å². The van der Waals surface area contributed by atoms with Gasteiger partial charge in [-0.1, -0.05) is 19.0 Å². The maximum atomic E-state index is 12.2. The van der Waals surface area contributed by atoms with Gasteiger partial charge in [0.1, 0.15) is 5.76 Å². The second-order valence-corrected chi connectivity index (χ2v) is 7.47. The van der Waals surface area contributed by atoms with Crippen LogP contribution in [-0.4, -0.2) is 49.0 Å². The van der Waals surface area contributed by atoms with Crippen molar-refractivity contribution in [3.8, 4) is 0 Å². The van der Waals surface area contributed by atoms with Crippen molar-refractivity contribution >= 4 is 15.7 Å². The van der Waals surface area contributed by atoms with Crippen molar-refractivity contribution in [2.75, 3.05) is 18.6 Å². The summed E-state index contributed by atoms with van der Waals surface area (Å²) in [5.74, 6) is 0.690. The molecule has 1 fully saturated rings. The van der Waals surface area contributed by atoms with Crippen LogP contribution in [0.3, 0.4) is 0 Å². The molecule has 6 nitrogen and oxygen atoms in total. The Labute approximate surface area is 112 Å². The fraction of sp³-hybridized carbons (Fsp3) is 0.667. The molecule has 0 spiro atoms. The van der Waals surface area contributed by atoms with Gasteiger partial charge in [-0.15, -0.1) is 0 Å². The zero-order valence-electron chi connectivity index (χ0n) is 11.3. The fourth-order valence-electron chi connectivity index (χ4n) is 2.09. The van der Waals surface area contributed by atoms with Crippen molar-refractivity contribution in [2.45, 2.75) is 32.2 Å². The largest absolute Gasteiger partial charge is 0.360 e. The maximum absolute atomic E-state index is 12.2. The van der Waals surface area contributed by atoms with Gasteiger partial charge < -0.3 is 9.42 Å². The molecule has 2 rings (SSSR count). The number of nitrogens with zero attached hydrogens (tertiary/aromatic N) is 2. The highest BCUT2D eigenvalue weighted by Gasteiger charge is 2.33. The van der Waals surface area contributed by atoms with E-state index in [-0.39, 0.29) is 35.1 Å². The lowest BCUT2D eigenvalue weighted by molar-refractivity contribution is 0.0737. The van der Waals surface area contributed by atoms with Gasteiger partial charge in [-0.3, -0.25) is 4.79 Å². The number of hydrogen-bond donors (Lipinski definition) is 0. The third-order valence-corrected chi connectivity index (χ3v) is 5.14. The molecule has 1 aliphatic rings. The molecule has 1 aromatic heterocycles. The van der Waals surface area contributed by atoms with Crippen molar-refractivity contribution in [2.24, 2.45) is 0 Å². The summed E-state index contributed by atoms with van der Waals surface area (Å²) in [4.78, 5) is 13.6. The third-order valence-electron chi connectivity index (χ3n) is 3.39. The first-order valence-electron chi connectivity index (χ1n) is 6.24. The van der Waals surface area contributed by atoms with Crippen molar-refractivity contribution in [3.63, 3.8) is 0 Å². The lowest BCUT2D eigenvalue weighted by Gasteiger charge is -2.21. The molecule has 0 radical (unpaired) electrons. The first kappa shape index (κ1) is 14.0. The van der Waals surface area contributed by atoms with Crippen molar-refractivity contribution in [1.82, 2.24) is 10.1 Å². The summed E-state index contributed by atoms with van der Waals surface area (Å²) in [6, 6.07) is 1.35. The van der Waals surface area contributed by atoms with Gasteiger partial charge in [0.25, 0.3) is 5.91 Å². The smallest absolute Gasteiger partial charge is 0.276 e. The monoisotopic (exact) mass is 286 g/mol. The van der Waals surface area contributed by atoms with E-state index in [1.165, 1.54) is 4.90 Å². The normalized spacial score (nSPS) is 21.8. The van der Waals surface area contributed by atoms with Gasteiger partial charge in [0.2, 0.25) is 0 Å². The summed E-state index contributed by atoms with van der Waals surface area (Å²) < 4.78 is 27.9. The van der Waals surface area contributed by atoms with Gasteiger partial charge in [-0.2, -0.15) is 0 Å². The predicted octanol–water partition coefficient (Wildman–Crippen LogP) is 1.06. The second-order valence-electron chi connectivity index (χ2n) is 5.24. The Hall–Kier alpha value is -1.37. The van der Waals surface area contributed by atoms with Crippen molar-refractivity contribution in [1.29, 1.82) is 0 Å². The molecule has 0 aromatic carbocycles. The maximum Gasteiger partial charge on any atom is 0.276 e. The first-order valence-corrected chi connectivity index (χ1v) is 8.06. The summed E-state index contributed by atoms with van der Waals surface area (Å²) in [6.45, 7) is 3.89. The number of carbonyl (C=O) groups excluding carboxylic acids is 1. The SMILES string of the molecule is CC(C)c1cc(C(=O)N(C)C2CCS(=O)(=O)C2)no1. The zero-order chi connectivity index (χ0) is 14.2. The van der Waals surface area contributed by atoms with Crippen molar-refractivity contribution < 1.29 is 17.7 Å². The van der Waals surface area contributed by atoms with Gasteiger partial charge in [-0.05, 0) is 6.42 Å². The number of hydrogen-bond acceptors (Lipinski definition) is 5. The van der Waals surface area contributed by atoms with Gasteiger partial charge in [0, 0.05) is 25.1 Å². The second kappa shape index (κ2) is 4.96. The third kappa shape index (κ3) is 2.97. The van der Waals surface area contributed by atoms with Gasteiger partial charge in [0.15, 0.2) is 15.5 Å². The summed E-state index contributed by atoms with van der Waals surface area (Å²) >= 11 is 0. The van der Waals surface area contributed by atoms with E-state index in [0.29, 0.717) is 12.2 Å². The topological polar surface area (TPSA) is 80.5 Å². The van der Waals surface area contributed by atoms with Crippen LogP contribution < -0.4 is 0 Å². The van der Waals surface area contributed by atoms with E-state index in [1.807, 2.05) is 13.8 Å². The highest BCUT2D eigenvalue weighted by molar-refractivity contribution is 7.91. The van der Waals surface area contributed by atoms with Crippen LogP contribution in [-0.2, 0) is 9.84 Å². The molecular formula is C12H18N2O4S. The molecule has 1 aromatic rings. The molecule has 2 heterocycles. The number of sulfone groups is 1. The molecule has 0 bridgehead atoms. The Morgan fingerprint density at radius 3 is 2.68 bits per heavy atom. The Morgan fingerprint density at radius 2 is 2.21 bits per heavy atom. The summed E-state index contributed by atoms with van der Waals surface area (Å²) in [6.07, 6.45) is 0.486. The van der Waals surface area contributed by atoms with Crippen LogP contribution in [0.2, 0.25) is 0 Å². The Morgan fingerprint density at radius 1 is 1.53 bits per heavy atom. The minimum atomic E-state index is -3.00. The highest BCUT2D eigenvalue weighted by Crippen LogP contribution is 2.20. The average molecular weight is 286 g/mol. The minimum absolute atomic E-state index is 0.0319. The van der Waals surface area contributed by atoms with E-state index in [2.05, 4.69) is 5.16 Å². The molecule has 0 N–H and O–H groups in total. The van der Waals surface area contributed by atoms with Crippen LogP contribution in [0.1, 0.15) is 42.4 Å².